The molecule has 0 aliphatic carbocycles. The number of anilines is 1. The summed E-state index contributed by atoms with van der Waals surface area (Å²) in [6.45, 7) is 1.87. The summed E-state index contributed by atoms with van der Waals surface area (Å²) in [7, 11) is 0. The van der Waals surface area contributed by atoms with E-state index in [1.165, 1.54) is 11.3 Å². The van der Waals surface area contributed by atoms with Gasteiger partial charge in [-0.2, -0.15) is 0 Å². The molecule has 3 aromatic rings. The van der Waals surface area contributed by atoms with Crippen molar-refractivity contribution in [3.63, 3.8) is 0 Å². The maximum Gasteiger partial charge on any atom is 0.267 e. The fraction of sp³-hybridized carbons (Fsp3) is 0.167. The van der Waals surface area contributed by atoms with Crippen LogP contribution >= 0.6 is 34.5 Å². The minimum Gasteiger partial charge on any atom is -0.481 e. The molecule has 0 saturated heterocycles. The highest BCUT2D eigenvalue weighted by atomic mass is 35.5. The molecule has 0 aliphatic rings. The SMILES string of the molecule is CC[C@H](Oc1cccc(Cl)c1)C(=O)Nc1nnc(-c2ccc(Cl)cc2)s1. The van der Waals surface area contributed by atoms with Crippen LogP contribution in [-0.2, 0) is 4.79 Å². The number of nitrogens with one attached hydrogen (secondary N) is 1. The number of amides is 1. The summed E-state index contributed by atoms with van der Waals surface area (Å²) < 4.78 is 5.73. The Balaban J connectivity index is 1.67. The Morgan fingerprint density at radius 3 is 2.62 bits per heavy atom. The molecule has 134 valence electrons. The van der Waals surface area contributed by atoms with E-state index in [1.54, 1.807) is 36.4 Å². The fourth-order valence-electron chi connectivity index (χ4n) is 2.20. The highest BCUT2D eigenvalue weighted by Crippen LogP contribution is 2.27. The quantitative estimate of drug-likeness (QED) is 0.601. The molecule has 1 atom stereocenters. The van der Waals surface area contributed by atoms with Gasteiger partial charge >= 0.3 is 0 Å². The number of carbonyl (C=O) groups excluding carboxylic acids is 1. The second-order valence-electron chi connectivity index (χ2n) is 5.38. The smallest absolute Gasteiger partial charge is 0.267 e. The van der Waals surface area contributed by atoms with Crippen LogP contribution < -0.4 is 10.1 Å². The van der Waals surface area contributed by atoms with Crippen molar-refractivity contribution in [1.29, 1.82) is 0 Å². The van der Waals surface area contributed by atoms with Gasteiger partial charge in [-0.05, 0) is 36.8 Å². The van der Waals surface area contributed by atoms with Gasteiger partial charge in [-0.3, -0.25) is 10.1 Å². The second kappa shape index (κ2) is 8.49. The van der Waals surface area contributed by atoms with E-state index < -0.39 is 6.10 Å². The summed E-state index contributed by atoms with van der Waals surface area (Å²) in [5.41, 5.74) is 0.884. The molecule has 8 heteroatoms. The van der Waals surface area contributed by atoms with Gasteiger partial charge in [-0.15, -0.1) is 10.2 Å². The van der Waals surface area contributed by atoms with E-state index in [9.17, 15) is 4.79 Å². The number of hydrogen-bond donors (Lipinski definition) is 1. The average molecular weight is 408 g/mol. The van der Waals surface area contributed by atoms with Crippen molar-refractivity contribution < 1.29 is 9.53 Å². The average Bonchev–Trinajstić information content (AvgIpc) is 3.08. The van der Waals surface area contributed by atoms with Gasteiger partial charge in [0.15, 0.2) is 6.10 Å². The number of aromatic nitrogens is 2. The van der Waals surface area contributed by atoms with Crippen LogP contribution in [-0.4, -0.2) is 22.2 Å². The number of benzene rings is 2. The molecule has 0 fully saturated rings. The van der Waals surface area contributed by atoms with Crippen molar-refractivity contribution in [3.05, 3.63) is 58.6 Å². The van der Waals surface area contributed by atoms with Crippen LogP contribution in [0.5, 0.6) is 5.75 Å². The minimum absolute atomic E-state index is 0.286. The van der Waals surface area contributed by atoms with Crippen LogP contribution in [0.4, 0.5) is 5.13 Å². The van der Waals surface area contributed by atoms with Gasteiger partial charge in [0, 0.05) is 15.6 Å². The monoisotopic (exact) mass is 407 g/mol. The third-order valence-corrected chi connectivity index (χ3v) is 4.86. The molecule has 1 aromatic heterocycles. The maximum atomic E-state index is 12.5. The first-order valence-electron chi connectivity index (χ1n) is 7.87. The van der Waals surface area contributed by atoms with Crippen molar-refractivity contribution in [1.82, 2.24) is 10.2 Å². The van der Waals surface area contributed by atoms with Gasteiger partial charge in [0.25, 0.3) is 5.91 Å². The van der Waals surface area contributed by atoms with Gasteiger partial charge in [-0.1, -0.05) is 59.7 Å². The van der Waals surface area contributed by atoms with E-state index in [4.69, 9.17) is 27.9 Å². The highest BCUT2D eigenvalue weighted by molar-refractivity contribution is 7.18. The van der Waals surface area contributed by atoms with Gasteiger partial charge in [0.2, 0.25) is 5.13 Å². The van der Waals surface area contributed by atoms with Crippen molar-refractivity contribution in [3.8, 4) is 16.3 Å². The third-order valence-electron chi connectivity index (χ3n) is 3.48. The second-order valence-corrected chi connectivity index (χ2v) is 7.23. The molecular formula is C18H15Cl2N3O2S. The zero-order valence-electron chi connectivity index (χ0n) is 13.8. The largest absolute Gasteiger partial charge is 0.481 e. The van der Waals surface area contributed by atoms with Gasteiger partial charge in [0.1, 0.15) is 10.8 Å². The lowest BCUT2D eigenvalue weighted by Crippen LogP contribution is -2.32. The molecular weight excluding hydrogens is 393 g/mol. The van der Waals surface area contributed by atoms with Crippen LogP contribution in [0.1, 0.15) is 13.3 Å². The number of rotatable bonds is 6. The summed E-state index contributed by atoms with van der Waals surface area (Å²) in [6.07, 6.45) is -0.155. The Morgan fingerprint density at radius 2 is 1.92 bits per heavy atom. The molecule has 0 bridgehead atoms. The summed E-state index contributed by atoms with van der Waals surface area (Å²) in [4.78, 5) is 12.5. The molecule has 0 aliphatic heterocycles. The summed E-state index contributed by atoms with van der Waals surface area (Å²) >= 11 is 13.1. The van der Waals surface area contributed by atoms with Crippen molar-refractivity contribution >= 4 is 45.6 Å². The number of halogens is 2. The van der Waals surface area contributed by atoms with E-state index in [1.807, 2.05) is 19.1 Å². The molecule has 5 nitrogen and oxygen atoms in total. The minimum atomic E-state index is -0.656. The first-order valence-corrected chi connectivity index (χ1v) is 9.45. The molecule has 1 amide bonds. The lowest BCUT2D eigenvalue weighted by molar-refractivity contribution is -0.122. The first kappa shape index (κ1) is 18.6. The van der Waals surface area contributed by atoms with Gasteiger partial charge in [0.05, 0.1) is 0 Å². The normalized spacial score (nSPS) is 11.8. The summed E-state index contributed by atoms with van der Waals surface area (Å²) in [5, 5.41) is 13.2. The van der Waals surface area contributed by atoms with Crippen molar-refractivity contribution in [2.24, 2.45) is 0 Å². The van der Waals surface area contributed by atoms with E-state index in [0.29, 0.717) is 32.4 Å². The Kier molecular flexibility index (Phi) is 6.08. The fourth-order valence-corrected chi connectivity index (χ4v) is 3.25. The molecule has 1 N–H and O–H groups in total. The molecule has 0 spiro atoms. The number of hydrogen-bond acceptors (Lipinski definition) is 5. The third kappa shape index (κ3) is 4.72. The van der Waals surface area contributed by atoms with Gasteiger partial charge in [-0.25, -0.2) is 0 Å². The number of nitrogens with zero attached hydrogens (tertiary/aromatic N) is 2. The number of carbonyl (C=O) groups is 1. The molecule has 0 saturated carbocycles. The van der Waals surface area contributed by atoms with E-state index in [2.05, 4.69) is 15.5 Å². The van der Waals surface area contributed by atoms with E-state index in [0.717, 1.165) is 5.56 Å². The van der Waals surface area contributed by atoms with Crippen LogP contribution in [0.2, 0.25) is 10.0 Å². The summed E-state index contributed by atoms with van der Waals surface area (Å²) in [5.74, 6) is 0.255. The van der Waals surface area contributed by atoms with Crippen LogP contribution in [0.25, 0.3) is 10.6 Å². The van der Waals surface area contributed by atoms with Crippen molar-refractivity contribution in [2.75, 3.05) is 5.32 Å². The predicted molar refractivity (Wildman–Crippen MR) is 105 cm³/mol. The highest BCUT2D eigenvalue weighted by Gasteiger charge is 2.20. The molecule has 2 aromatic carbocycles. The molecule has 0 unspecified atom stereocenters. The lowest BCUT2D eigenvalue weighted by atomic mass is 10.2. The van der Waals surface area contributed by atoms with Crippen LogP contribution in [0.15, 0.2) is 48.5 Å². The zero-order chi connectivity index (χ0) is 18.5. The zero-order valence-corrected chi connectivity index (χ0v) is 16.1. The van der Waals surface area contributed by atoms with E-state index >= 15 is 0 Å². The summed E-state index contributed by atoms with van der Waals surface area (Å²) in [6, 6.07) is 14.2. The lowest BCUT2D eigenvalue weighted by Gasteiger charge is -2.16. The Labute approximate surface area is 164 Å². The molecule has 3 rings (SSSR count). The van der Waals surface area contributed by atoms with Crippen LogP contribution in [0.3, 0.4) is 0 Å². The first-order chi connectivity index (χ1) is 12.5. The van der Waals surface area contributed by atoms with Crippen molar-refractivity contribution in [2.45, 2.75) is 19.4 Å². The van der Waals surface area contributed by atoms with E-state index in [-0.39, 0.29) is 5.91 Å². The topological polar surface area (TPSA) is 64.1 Å². The Hall–Kier alpha value is -2.15. The number of ether oxygens (including phenoxy) is 1. The molecule has 26 heavy (non-hydrogen) atoms. The predicted octanol–water partition coefficient (Wildman–Crippen LogP) is 5.31. The Morgan fingerprint density at radius 1 is 1.15 bits per heavy atom. The molecule has 1 heterocycles. The molecule has 0 radical (unpaired) electrons. The van der Waals surface area contributed by atoms with Gasteiger partial charge < -0.3 is 4.74 Å². The maximum absolute atomic E-state index is 12.5. The standard InChI is InChI=1S/C18H15Cl2N3O2S/c1-2-15(25-14-5-3-4-13(20)10-14)16(24)21-18-23-22-17(26-18)11-6-8-12(19)9-7-11/h3-10,15H,2H2,1H3,(H,21,23,24)/t15-/m0/s1. The van der Waals surface area contributed by atoms with Crippen LogP contribution in [0, 0.1) is 0 Å². The Bertz CT molecular complexity index is 899.